The fourth-order valence-corrected chi connectivity index (χ4v) is 3.87. The first-order valence-electron chi connectivity index (χ1n) is 17.7. The molecule has 0 saturated heterocycles. The van der Waals surface area contributed by atoms with E-state index in [0.29, 0.717) is 132 Å². The van der Waals surface area contributed by atoms with Gasteiger partial charge in [-0.05, 0) is 12.8 Å². The third-order valence-electron chi connectivity index (χ3n) is 6.47. The summed E-state index contributed by atoms with van der Waals surface area (Å²) in [5, 5.41) is 0. The maximum absolute atomic E-state index is 11.7. The summed E-state index contributed by atoms with van der Waals surface area (Å²) in [5.41, 5.74) is 0. The summed E-state index contributed by atoms with van der Waals surface area (Å²) in [6.45, 7) is 15.3. The van der Waals surface area contributed by atoms with E-state index in [1.807, 2.05) is 0 Å². The zero-order valence-electron chi connectivity index (χ0n) is 29.3. The predicted octanol–water partition coefficient (Wildman–Crippen LogP) is 4.64. The van der Waals surface area contributed by atoms with Gasteiger partial charge in [-0.1, -0.05) is 58.8 Å². The molecule has 0 radical (unpaired) electrons. The summed E-state index contributed by atoms with van der Waals surface area (Å²) in [4.78, 5) is 11.7. The van der Waals surface area contributed by atoms with Crippen LogP contribution in [0.15, 0.2) is 0 Å². The Morgan fingerprint density at radius 3 is 0.913 bits per heavy atom. The summed E-state index contributed by atoms with van der Waals surface area (Å²) in [6.07, 6.45) is 11.0. The minimum absolute atomic E-state index is 0.141. The van der Waals surface area contributed by atoms with Gasteiger partial charge >= 0.3 is 5.97 Å². The van der Waals surface area contributed by atoms with Crippen molar-refractivity contribution >= 4 is 5.97 Å². The second kappa shape index (κ2) is 42.1. The van der Waals surface area contributed by atoms with Gasteiger partial charge < -0.3 is 52.1 Å². The number of ether oxygens (including phenoxy) is 11. The monoisotopic (exact) mass is 668 g/mol. The second-order valence-electron chi connectivity index (χ2n) is 10.6. The van der Waals surface area contributed by atoms with E-state index < -0.39 is 0 Å². The molecule has 0 aliphatic heterocycles. The number of rotatable bonds is 41. The topological polar surface area (TPSA) is 119 Å². The Morgan fingerprint density at radius 1 is 0.304 bits per heavy atom. The lowest BCUT2D eigenvalue weighted by Gasteiger charge is -2.09. The Morgan fingerprint density at radius 2 is 0.565 bits per heavy atom. The van der Waals surface area contributed by atoms with Crippen LogP contribution in [-0.2, 0) is 56.9 Å². The van der Waals surface area contributed by atoms with E-state index in [1.165, 1.54) is 38.5 Å². The molecule has 0 N–H and O–H groups in total. The fourth-order valence-electron chi connectivity index (χ4n) is 3.87. The van der Waals surface area contributed by atoms with E-state index >= 15 is 0 Å². The largest absolute Gasteiger partial charge is 0.463 e. The van der Waals surface area contributed by atoms with Crippen LogP contribution in [0.3, 0.4) is 0 Å². The molecule has 0 saturated carbocycles. The molecule has 0 aromatic carbocycles. The molecule has 276 valence electrons. The van der Waals surface area contributed by atoms with Gasteiger partial charge in [0.1, 0.15) is 6.61 Å². The quantitative estimate of drug-likeness (QED) is 0.0667. The van der Waals surface area contributed by atoms with Crippen molar-refractivity contribution in [1.29, 1.82) is 0 Å². The number of carbonyl (C=O) groups excluding carboxylic acids is 1. The van der Waals surface area contributed by atoms with E-state index in [4.69, 9.17) is 52.1 Å². The number of hydrogen-bond acceptors (Lipinski definition) is 12. The highest BCUT2D eigenvalue weighted by molar-refractivity contribution is 5.69. The molecule has 0 atom stereocenters. The Hall–Kier alpha value is -0.930. The molecular weight excluding hydrogens is 600 g/mol. The molecule has 12 heteroatoms. The standard InChI is InChI=1S/C34H68O12/c1-3-5-7-8-9-10-12-34(35)46-33-32-45-31-30-44-29-28-43-27-26-42-25-24-41-23-22-40-21-20-39-19-18-38-17-16-37-15-14-36-13-11-6-4-2/h3-33H2,1-2H3. The van der Waals surface area contributed by atoms with Crippen LogP contribution in [0.4, 0.5) is 0 Å². The van der Waals surface area contributed by atoms with Gasteiger partial charge in [-0.3, -0.25) is 4.79 Å². The van der Waals surface area contributed by atoms with Gasteiger partial charge in [0.05, 0.1) is 126 Å². The second-order valence-corrected chi connectivity index (χ2v) is 10.6. The average molecular weight is 669 g/mol. The molecule has 12 nitrogen and oxygen atoms in total. The summed E-state index contributed by atoms with van der Waals surface area (Å²) in [5.74, 6) is -0.141. The van der Waals surface area contributed by atoms with E-state index in [0.717, 1.165) is 25.9 Å². The molecule has 0 spiro atoms. The van der Waals surface area contributed by atoms with Gasteiger partial charge in [-0.25, -0.2) is 0 Å². The highest BCUT2D eigenvalue weighted by Gasteiger charge is 2.02. The van der Waals surface area contributed by atoms with Crippen LogP contribution in [0.2, 0.25) is 0 Å². The smallest absolute Gasteiger partial charge is 0.305 e. The first kappa shape index (κ1) is 45.1. The van der Waals surface area contributed by atoms with Crippen LogP contribution < -0.4 is 0 Å². The Kier molecular flexibility index (Phi) is 41.2. The maximum Gasteiger partial charge on any atom is 0.305 e. The van der Waals surface area contributed by atoms with Crippen LogP contribution in [0, 0.1) is 0 Å². The first-order valence-corrected chi connectivity index (χ1v) is 17.7. The zero-order valence-corrected chi connectivity index (χ0v) is 29.3. The van der Waals surface area contributed by atoms with Crippen LogP contribution in [-0.4, -0.2) is 145 Å². The number of unbranched alkanes of at least 4 members (excludes halogenated alkanes) is 7. The average Bonchev–Trinajstić information content (AvgIpc) is 3.06. The molecule has 0 aromatic rings. The lowest BCUT2D eigenvalue weighted by molar-refractivity contribution is -0.145. The van der Waals surface area contributed by atoms with Crippen molar-refractivity contribution in [3.8, 4) is 0 Å². The van der Waals surface area contributed by atoms with Crippen LogP contribution in [0.1, 0.15) is 78.1 Å². The molecule has 46 heavy (non-hydrogen) atoms. The maximum atomic E-state index is 11.7. The number of hydrogen-bond donors (Lipinski definition) is 0. The molecule has 0 bridgehead atoms. The van der Waals surface area contributed by atoms with Crippen molar-refractivity contribution in [2.24, 2.45) is 0 Å². The van der Waals surface area contributed by atoms with Gasteiger partial charge in [0, 0.05) is 13.0 Å². The van der Waals surface area contributed by atoms with E-state index in [2.05, 4.69) is 13.8 Å². The molecule has 0 amide bonds. The lowest BCUT2D eigenvalue weighted by atomic mass is 10.1. The third-order valence-corrected chi connectivity index (χ3v) is 6.47. The van der Waals surface area contributed by atoms with Crippen LogP contribution in [0.5, 0.6) is 0 Å². The molecular formula is C34H68O12. The van der Waals surface area contributed by atoms with Gasteiger partial charge in [-0.15, -0.1) is 0 Å². The molecule has 0 aromatic heterocycles. The minimum atomic E-state index is -0.141. The predicted molar refractivity (Wildman–Crippen MR) is 177 cm³/mol. The van der Waals surface area contributed by atoms with Crippen LogP contribution >= 0.6 is 0 Å². The van der Waals surface area contributed by atoms with Crippen molar-refractivity contribution in [2.45, 2.75) is 78.1 Å². The highest BCUT2D eigenvalue weighted by Crippen LogP contribution is 2.07. The zero-order chi connectivity index (χ0) is 33.3. The SMILES string of the molecule is CCCCCCCCC(=O)OCCOCCOCCOCCOCCOCCOCCOCCOCCOCCOCCCCC. The molecule has 0 aliphatic rings. The Bertz CT molecular complexity index is 570. The minimum Gasteiger partial charge on any atom is -0.463 e. The highest BCUT2D eigenvalue weighted by atomic mass is 16.6. The van der Waals surface area contributed by atoms with Crippen molar-refractivity contribution in [3.63, 3.8) is 0 Å². The normalized spacial score (nSPS) is 11.4. The summed E-state index contributed by atoms with van der Waals surface area (Å²) in [6, 6.07) is 0. The molecule has 0 heterocycles. The van der Waals surface area contributed by atoms with Crippen molar-refractivity contribution in [3.05, 3.63) is 0 Å². The Balaban J connectivity index is 3.09. The van der Waals surface area contributed by atoms with Crippen molar-refractivity contribution in [1.82, 2.24) is 0 Å². The van der Waals surface area contributed by atoms with E-state index in [9.17, 15) is 4.79 Å². The number of carbonyl (C=O) groups is 1. The Labute approximate surface area is 279 Å². The summed E-state index contributed by atoms with van der Waals surface area (Å²) >= 11 is 0. The summed E-state index contributed by atoms with van der Waals surface area (Å²) in [7, 11) is 0. The van der Waals surface area contributed by atoms with Gasteiger partial charge in [0.2, 0.25) is 0 Å². The molecule has 0 aliphatic carbocycles. The van der Waals surface area contributed by atoms with Gasteiger partial charge in [-0.2, -0.15) is 0 Å². The van der Waals surface area contributed by atoms with Crippen LogP contribution in [0.25, 0.3) is 0 Å². The van der Waals surface area contributed by atoms with Crippen molar-refractivity contribution in [2.75, 3.05) is 139 Å². The summed E-state index contributed by atoms with van der Waals surface area (Å²) < 4.78 is 59.9. The molecule has 0 unspecified atom stereocenters. The fraction of sp³-hybridized carbons (Fsp3) is 0.971. The van der Waals surface area contributed by atoms with E-state index in [1.54, 1.807) is 0 Å². The lowest BCUT2D eigenvalue weighted by Crippen LogP contribution is -2.15. The third kappa shape index (κ3) is 41.1. The first-order chi connectivity index (χ1) is 22.8. The molecule has 0 fully saturated rings. The molecule has 0 rings (SSSR count). The van der Waals surface area contributed by atoms with E-state index in [-0.39, 0.29) is 12.6 Å². The van der Waals surface area contributed by atoms with Gasteiger partial charge in [0.15, 0.2) is 0 Å². The van der Waals surface area contributed by atoms with Crippen molar-refractivity contribution < 1.29 is 56.9 Å². The number of esters is 1. The van der Waals surface area contributed by atoms with Gasteiger partial charge in [0.25, 0.3) is 0 Å².